The molecule has 0 aromatic carbocycles. The normalized spacial score (nSPS) is 28.4. The van der Waals surface area contributed by atoms with Gasteiger partial charge in [-0.3, -0.25) is 0 Å². The zero-order chi connectivity index (χ0) is 7.02. The Balaban J connectivity index is 0.000000810. The predicted octanol–water partition coefficient (Wildman–Crippen LogP) is -0.915. The largest absolute Gasteiger partial charge is 0.479 e. The van der Waals surface area contributed by atoms with Gasteiger partial charge in [0.1, 0.15) is 0 Å². The van der Waals surface area contributed by atoms with Gasteiger partial charge in [0.05, 0.1) is 0 Å². The number of ether oxygens (including phenoxy) is 1. The molecular weight excluding hydrogens is 142 g/mol. The summed E-state index contributed by atoms with van der Waals surface area (Å²) in [5.74, 6) is -2.44. The van der Waals surface area contributed by atoms with Crippen molar-refractivity contribution in [3.63, 3.8) is 0 Å². The Morgan fingerprint density at radius 2 is 1.40 bits per heavy atom. The molecule has 10 heavy (non-hydrogen) atoms. The van der Waals surface area contributed by atoms with E-state index in [2.05, 4.69) is 4.74 Å². The molecule has 1 saturated heterocycles. The van der Waals surface area contributed by atoms with Crippen LogP contribution < -0.4 is 6.15 Å². The number of carboxylic acids is 2. The van der Waals surface area contributed by atoms with E-state index in [-0.39, 0.29) is 6.15 Å². The first-order valence-electron chi connectivity index (χ1n) is 2.24. The van der Waals surface area contributed by atoms with Crippen LogP contribution in [0.1, 0.15) is 0 Å². The molecule has 6 heteroatoms. The van der Waals surface area contributed by atoms with Gasteiger partial charge in [0, 0.05) is 0 Å². The van der Waals surface area contributed by atoms with Crippen molar-refractivity contribution in [1.29, 1.82) is 0 Å². The van der Waals surface area contributed by atoms with Crippen molar-refractivity contribution in [3.05, 3.63) is 0 Å². The lowest BCUT2D eigenvalue weighted by Crippen LogP contribution is -2.14. The summed E-state index contributed by atoms with van der Waals surface area (Å²) < 4.78 is 4.24. The number of carboxylic acid groups (broad SMARTS) is 2. The quantitative estimate of drug-likeness (QED) is 0.436. The van der Waals surface area contributed by atoms with Crippen molar-refractivity contribution in [2.24, 2.45) is 0 Å². The van der Waals surface area contributed by atoms with Crippen molar-refractivity contribution in [3.8, 4) is 0 Å². The summed E-state index contributed by atoms with van der Waals surface area (Å²) in [7, 11) is 0. The number of aliphatic carboxylic acids is 2. The van der Waals surface area contributed by atoms with Crippen LogP contribution in [0, 0.1) is 0 Å². The van der Waals surface area contributed by atoms with Gasteiger partial charge < -0.3 is 21.1 Å². The van der Waals surface area contributed by atoms with E-state index in [0.29, 0.717) is 0 Å². The molecule has 1 aliphatic heterocycles. The van der Waals surface area contributed by atoms with Crippen molar-refractivity contribution in [2.75, 3.05) is 0 Å². The van der Waals surface area contributed by atoms with Crippen molar-refractivity contribution in [2.45, 2.75) is 12.2 Å². The Kier molecular flexibility index (Phi) is 2.33. The highest BCUT2D eigenvalue weighted by atomic mass is 16.6. The summed E-state index contributed by atoms with van der Waals surface area (Å²) in [6.07, 6.45) is -2.25. The van der Waals surface area contributed by atoms with E-state index < -0.39 is 24.1 Å². The molecule has 1 aliphatic rings. The zero-order valence-corrected chi connectivity index (χ0v) is 4.98. The molecule has 0 spiro atoms. The molecule has 58 valence electrons. The van der Waals surface area contributed by atoms with Gasteiger partial charge >= 0.3 is 11.9 Å². The third-order valence-electron chi connectivity index (χ3n) is 0.978. The first-order valence-corrected chi connectivity index (χ1v) is 2.24. The lowest BCUT2D eigenvalue weighted by Gasteiger charge is -1.78. The minimum absolute atomic E-state index is 0. The second kappa shape index (κ2) is 2.63. The summed E-state index contributed by atoms with van der Waals surface area (Å²) >= 11 is 0. The van der Waals surface area contributed by atoms with Crippen LogP contribution >= 0.6 is 0 Å². The molecule has 1 rings (SSSR count). The Labute approximate surface area is 56.0 Å². The maximum atomic E-state index is 9.89. The summed E-state index contributed by atoms with van der Waals surface area (Å²) in [5.41, 5.74) is 0. The lowest BCUT2D eigenvalue weighted by molar-refractivity contribution is -0.140. The molecule has 6 nitrogen and oxygen atoms in total. The lowest BCUT2D eigenvalue weighted by atomic mass is 10.3. The van der Waals surface area contributed by atoms with E-state index >= 15 is 0 Å². The van der Waals surface area contributed by atoms with Crippen LogP contribution in [0.25, 0.3) is 0 Å². The smallest absolute Gasteiger partial charge is 0.336 e. The molecule has 1 heterocycles. The van der Waals surface area contributed by atoms with E-state index in [9.17, 15) is 9.59 Å². The van der Waals surface area contributed by atoms with Crippen LogP contribution in [0.3, 0.4) is 0 Å². The fraction of sp³-hybridized carbons (Fsp3) is 0.500. The first-order chi connectivity index (χ1) is 4.13. The first kappa shape index (κ1) is 8.86. The molecule has 0 radical (unpaired) electrons. The number of hydrogen-bond acceptors (Lipinski definition) is 4. The maximum absolute atomic E-state index is 9.89. The van der Waals surface area contributed by atoms with Gasteiger partial charge in [-0.05, 0) is 0 Å². The van der Waals surface area contributed by atoms with E-state index in [1.807, 2.05) is 0 Å². The van der Waals surface area contributed by atoms with Crippen LogP contribution in [-0.4, -0.2) is 34.4 Å². The molecule has 0 aromatic rings. The third-order valence-corrected chi connectivity index (χ3v) is 0.978. The highest BCUT2D eigenvalue weighted by Crippen LogP contribution is 2.21. The molecule has 0 aromatic heterocycles. The van der Waals surface area contributed by atoms with Gasteiger partial charge in [0.25, 0.3) is 0 Å². The molecular formula is C4H7NO5. The Hall–Kier alpha value is -1.14. The molecule has 0 amide bonds. The highest BCUT2D eigenvalue weighted by molar-refractivity contribution is 5.87. The Bertz CT molecular complexity index is 149. The highest BCUT2D eigenvalue weighted by Gasteiger charge is 2.50. The molecule has 2 unspecified atom stereocenters. The van der Waals surface area contributed by atoms with Crippen molar-refractivity contribution >= 4 is 11.9 Å². The average Bonchev–Trinajstić information content (AvgIpc) is 2.39. The number of hydrogen-bond donors (Lipinski definition) is 3. The van der Waals surface area contributed by atoms with E-state index in [0.717, 1.165) is 0 Å². The Morgan fingerprint density at radius 1 is 1.10 bits per heavy atom. The molecule has 2 atom stereocenters. The topological polar surface area (TPSA) is 122 Å². The minimum atomic E-state index is -1.22. The van der Waals surface area contributed by atoms with Gasteiger partial charge in [-0.1, -0.05) is 0 Å². The molecule has 0 saturated carbocycles. The monoisotopic (exact) mass is 149 g/mol. The van der Waals surface area contributed by atoms with Gasteiger partial charge in [-0.2, -0.15) is 0 Å². The minimum Gasteiger partial charge on any atom is -0.479 e. The second-order valence-electron chi connectivity index (χ2n) is 1.65. The van der Waals surface area contributed by atoms with Gasteiger partial charge in [0.15, 0.2) is 12.2 Å². The van der Waals surface area contributed by atoms with Gasteiger partial charge in [-0.15, -0.1) is 0 Å². The second-order valence-corrected chi connectivity index (χ2v) is 1.65. The molecule has 0 aliphatic carbocycles. The van der Waals surface area contributed by atoms with Crippen molar-refractivity contribution < 1.29 is 24.5 Å². The Morgan fingerprint density at radius 3 is 1.50 bits per heavy atom. The zero-order valence-electron chi connectivity index (χ0n) is 4.98. The summed E-state index contributed by atoms with van der Waals surface area (Å²) in [5, 5.41) is 16.2. The maximum Gasteiger partial charge on any atom is 0.336 e. The van der Waals surface area contributed by atoms with Gasteiger partial charge in [0.2, 0.25) is 0 Å². The van der Waals surface area contributed by atoms with E-state index in [1.165, 1.54) is 0 Å². The van der Waals surface area contributed by atoms with Crippen LogP contribution in [0.15, 0.2) is 0 Å². The SMILES string of the molecule is N.O=C(O)C1OC1C(=O)O. The predicted molar refractivity (Wildman–Crippen MR) is 29.0 cm³/mol. The third kappa shape index (κ3) is 1.42. The molecule has 0 bridgehead atoms. The van der Waals surface area contributed by atoms with E-state index in [1.54, 1.807) is 0 Å². The van der Waals surface area contributed by atoms with E-state index in [4.69, 9.17) is 10.2 Å². The van der Waals surface area contributed by atoms with Crippen molar-refractivity contribution in [1.82, 2.24) is 6.15 Å². The summed E-state index contributed by atoms with van der Waals surface area (Å²) in [6, 6.07) is 0. The standard InChI is InChI=1S/C4H4O5.H3N/c5-3(6)1-2(9-1)4(7)8;/h1-2H,(H,5,6)(H,7,8);1H3. The fourth-order valence-corrected chi connectivity index (χ4v) is 0.488. The summed E-state index contributed by atoms with van der Waals surface area (Å²) in [6.45, 7) is 0. The average molecular weight is 149 g/mol. The number of carbonyl (C=O) groups is 2. The fourth-order valence-electron chi connectivity index (χ4n) is 0.488. The summed E-state index contributed by atoms with van der Waals surface area (Å²) in [4.78, 5) is 19.8. The number of epoxide rings is 1. The van der Waals surface area contributed by atoms with Crippen LogP contribution in [-0.2, 0) is 14.3 Å². The van der Waals surface area contributed by atoms with Crippen LogP contribution in [0.5, 0.6) is 0 Å². The molecule has 1 fully saturated rings. The number of rotatable bonds is 2. The van der Waals surface area contributed by atoms with Gasteiger partial charge in [-0.25, -0.2) is 9.59 Å². The molecule has 5 N–H and O–H groups in total. The van der Waals surface area contributed by atoms with Crippen LogP contribution in [0.4, 0.5) is 0 Å². The van der Waals surface area contributed by atoms with Crippen LogP contribution in [0.2, 0.25) is 0 Å².